The molecule has 1 rings (SSSR count). The minimum Gasteiger partial charge on any atom is -0.394 e. The van der Waals surface area contributed by atoms with Crippen molar-refractivity contribution in [3.8, 4) is 0 Å². The van der Waals surface area contributed by atoms with Crippen LogP contribution in [-0.4, -0.2) is 72.4 Å². The van der Waals surface area contributed by atoms with Crippen molar-refractivity contribution >= 4 is 0 Å². The van der Waals surface area contributed by atoms with Gasteiger partial charge in [0.05, 0.1) is 6.61 Å². The molecule has 0 saturated carbocycles. The Bertz CT molecular complexity index is 255. The van der Waals surface area contributed by atoms with Crippen molar-refractivity contribution < 1.29 is 5.11 Å². The average molecular weight is 285 g/mol. The van der Waals surface area contributed by atoms with Crippen LogP contribution in [0.2, 0.25) is 0 Å². The van der Waals surface area contributed by atoms with Crippen LogP contribution in [0, 0.1) is 0 Å². The van der Waals surface area contributed by atoms with Gasteiger partial charge in [-0.2, -0.15) is 0 Å². The number of rotatable bonds is 7. The minimum atomic E-state index is -0.0762. The van der Waals surface area contributed by atoms with Crippen molar-refractivity contribution in [3.05, 3.63) is 0 Å². The SMILES string of the molecule is CCC(CO)(CCCN1CCN(C(C)(C)C)CC1)NC. The largest absolute Gasteiger partial charge is 0.394 e. The van der Waals surface area contributed by atoms with Gasteiger partial charge in [0.2, 0.25) is 0 Å². The third-order valence-corrected chi connectivity index (χ3v) is 4.96. The van der Waals surface area contributed by atoms with Crippen LogP contribution >= 0.6 is 0 Å². The molecule has 1 unspecified atom stereocenters. The first-order chi connectivity index (χ1) is 9.37. The number of likely N-dealkylation sites (N-methyl/N-ethyl adjacent to an activating group) is 1. The normalized spacial score (nSPS) is 21.9. The lowest BCUT2D eigenvalue weighted by Crippen LogP contribution is -2.53. The molecular formula is C16H35N3O. The zero-order valence-electron chi connectivity index (χ0n) is 14.2. The molecule has 20 heavy (non-hydrogen) atoms. The first-order valence-corrected chi connectivity index (χ1v) is 8.14. The van der Waals surface area contributed by atoms with Gasteiger partial charge < -0.3 is 15.3 Å². The molecule has 0 aromatic carbocycles. The van der Waals surface area contributed by atoms with Crippen molar-refractivity contribution in [1.29, 1.82) is 0 Å². The first-order valence-electron chi connectivity index (χ1n) is 8.14. The van der Waals surface area contributed by atoms with Crippen LogP contribution in [0.3, 0.4) is 0 Å². The van der Waals surface area contributed by atoms with Crippen molar-refractivity contribution in [2.75, 3.05) is 46.4 Å². The Labute approximate surface area is 125 Å². The summed E-state index contributed by atoms with van der Waals surface area (Å²) in [7, 11) is 1.96. The van der Waals surface area contributed by atoms with E-state index in [2.05, 4.69) is 42.8 Å². The van der Waals surface area contributed by atoms with Gasteiger partial charge in [-0.15, -0.1) is 0 Å². The van der Waals surface area contributed by atoms with E-state index in [9.17, 15) is 5.11 Å². The average Bonchev–Trinajstić information content (AvgIpc) is 2.44. The molecule has 0 radical (unpaired) electrons. The summed E-state index contributed by atoms with van der Waals surface area (Å²) in [6.45, 7) is 15.1. The minimum absolute atomic E-state index is 0.0762. The molecule has 0 aromatic heterocycles. The fraction of sp³-hybridized carbons (Fsp3) is 1.00. The monoisotopic (exact) mass is 285 g/mol. The molecule has 0 bridgehead atoms. The molecule has 1 fully saturated rings. The Morgan fingerprint density at radius 1 is 1.10 bits per heavy atom. The highest BCUT2D eigenvalue weighted by atomic mass is 16.3. The molecular weight excluding hydrogens is 250 g/mol. The second kappa shape index (κ2) is 7.74. The molecule has 4 nitrogen and oxygen atoms in total. The highest BCUT2D eigenvalue weighted by Crippen LogP contribution is 2.19. The molecule has 0 spiro atoms. The van der Waals surface area contributed by atoms with Crippen molar-refractivity contribution in [3.63, 3.8) is 0 Å². The zero-order valence-corrected chi connectivity index (χ0v) is 14.2. The lowest BCUT2D eigenvalue weighted by molar-refractivity contribution is 0.0592. The Morgan fingerprint density at radius 3 is 2.10 bits per heavy atom. The van der Waals surface area contributed by atoms with E-state index >= 15 is 0 Å². The molecule has 1 saturated heterocycles. The smallest absolute Gasteiger partial charge is 0.0613 e. The van der Waals surface area contributed by atoms with E-state index in [1.54, 1.807) is 0 Å². The van der Waals surface area contributed by atoms with Crippen LogP contribution in [0.4, 0.5) is 0 Å². The Kier molecular flexibility index (Phi) is 6.92. The third kappa shape index (κ3) is 4.99. The van der Waals surface area contributed by atoms with Gasteiger partial charge in [0.15, 0.2) is 0 Å². The first kappa shape index (κ1) is 17.9. The van der Waals surface area contributed by atoms with Gasteiger partial charge in [0.25, 0.3) is 0 Å². The fourth-order valence-electron chi connectivity index (χ4n) is 3.03. The van der Waals surface area contributed by atoms with Crippen LogP contribution in [0.25, 0.3) is 0 Å². The van der Waals surface area contributed by atoms with Crippen molar-refractivity contribution in [1.82, 2.24) is 15.1 Å². The Hall–Kier alpha value is -0.160. The molecule has 1 atom stereocenters. The van der Waals surface area contributed by atoms with Gasteiger partial charge in [-0.25, -0.2) is 0 Å². The zero-order chi connectivity index (χ0) is 15.2. The number of hydrogen-bond donors (Lipinski definition) is 2. The van der Waals surface area contributed by atoms with E-state index in [-0.39, 0.29) is 12.1 Å². The van der Waals surface area contributed by atoms with Crippen LogP contribution in [0.5, 0.6) is 0 Å². The quantitative estimate of drug-likeness (QED) is 0.744. The number of piperazine rings is 1. The summed E-state index contributed by atoms with van der Waals surface area (Å²) in [6.07, 6.45) is 3.19. The van der Waals surface area contributed by atoms with E-state index < -0.39 is 0 Å². The molecule has 2 N–H and O–H groups in total. The summed E-state index contributed by atoms with van der Waals surface area (Å²) in [5.74, 6) is 0. The lowest BCUT2D eigenvalue weighted by atomic mass is 9.91. The topological polar surface area (TPSA) is 38.7 Å². The summed E-state index contributed by atoms with van der Waals surface area (Å²) in [5.41, 5.74) is 0.222. The molecule has 0 aliphatic carbocycles. The van der Waals surface area contributed by atoms with Crippen LogP contribution in [0.1, 0.15) is 47.0 Å². The van der Waals surface area contributed by atoms with Gasteiger partial charge >= 0.3 is 0 Å². The predicted octanol–water partition coefficient (Wildman–Crippen LogP) is 1.54. The molecule has 1 aliphatic heterocycles. The second-order valence-electron chi connectivity index (χ2n) is 7.15. The summed E-state index contributed by atoms with van der Waals surface area (Å²) in [6, 6.07) is 0. The summed E-state index contributed by atoms with van der Waals surface area (Å²) in [4.78, 5) is 5.14. The fourth-order valence-corrected chi connectivity index (χ4v) is 3.03. The van der Waals surface area contributed by atoms with Crippen LogP contribution in [-0.2, 0) is 0 Å². The van der Waals surface area contributed by atoms with Gasteiger partial charge in [0, 0.05) is 37.3 Å². The highest BCUT2D eigenvalue weighted by Gasteiger charge is 2.27. The van der Waals surface area contributed by atoms with Crippen LogP contribution in [0.15, 0.2) is 0 Å². The number of aliphatic hydroxyl groups excluding tert-OH is 1. The highest BCUT2D eigenvalue weighted by molar-refractivity contribution is 4.86. The van der Waals surface area contributed by atoms with E-state index in [4.69, 9.17) is 0 Å². The number of hydrogen-bond acceptors (Lipinski definition) is 4. The molecule has 1 heterocycles. The van der Waals surface area contributed by atoms with Gasteiger partial charge in [-0.3, -0.25) is 4.90 Å². The van der Waals surface area contributed by atoms with E-state index in [1.165, 1.54) is 26.2 Å². The Morgan fingerprint density at radius 2 is 1.70 bits per heavy atom. The van der Waals surface area contributed by atoms with E-state index in [0.29, 0.717) is 5.54 Å². The van der Waals surface area contributed by atoms with Gasteiger partial charge in [-0.1, -0.05) is 6.92 Å². The molecule has 0 amide bonds. The molecule has 1 aliphatic rings. The predicted molar refractivity (Wildman–Crippen MR) is 86.2 cm³/mol. The van der Waals surface area contributed by atoms with Crippen molar-refractivity contribution in [2.24, 2.45) is 0 Å². The third-order valence-electron chi connectivity index (χ3n) is 4.96. The number of nitrogens with zero attached hydrogens (tertiary/aromatic N) is 2. The number of aliphatic hydroxyl groups is 1. The van der Waals surface area contributed by atoms with Gasteiger partial charge in [-0.05, 0) is 53.6 Å². The van der Waals surface area contributed by atoms with E-state index in [0.717, 1.165) is 25.8 Å². The van der Waals surface area contributed by atoms with Gasteiger partial charge in [0.1, 0.15) is 0 Å². The maximum atomic E-state index is 9.55. The lowest BCUT2D eigenvalue weighted by Gasteiger charge is -2.42. The summed E-state index contributed by atoms with van der Waals surface area (Å²) in [5, 5.41) is 12.9. The number of nitrogens with one attached hydrogen (secondary N) is 1. The summed E-state index contributed by atoms with van der Waals surface area (Å²) >= 11 is 0. The Balaban J connectivity index is 2.28. The summed E-state index contributed by atoms with van der Waals surface area (Å²) < 4.78 is 0. The maximum Gasteiger partial charge on any atom is 0.0613 e. The molecule has 4 heteroatoms. The molecule has 0 aromatic rings. The van der Waals surface area contributed by atoms with Crippen LogP contribution < -0.4 is 5.32 Å². The van der Waals surface area contributed by atoms with E-state index in [1.807, 2.05) is 7.05 Å². The molecule has 120 valence electrons. The van der Waals surface area contributed by atoms with Crippen molar-refractivity contribution in [2.45, 2.75) is 58.0 Å². The maximum absolute atomic E-state index is 9.55. The second-order valence-corrected chi connectivity index (χ2v) is 7.15. The standard InChI is InChI=1S/C16H35N3O/c1-6-16(14-20,17-5)8-7-9-18-10-12-19(13-11-18)15(2,3)4/h17,20H,6-14H2,1-5H3.